The van der Waals surface area contributed by atoms with Crippen LogP contribution in [0.2, 0.25) is 0 Å². The van der Waals surface area contributed by atoms with Gasteiger partial charge in [0, 0.05) is 0 Å². The summed E-state index contributed by atoms with van der Waals surface area (Å²) in [7, 11) is 0. The lowest BCUT2D eigenvalue weighted by atomic mass is 9.84. The van der Waals surface area contributed by atoms with E-state index < -0.39 is 30.3 Å². The van der Waals surface area contributed by atoms with E-state index >= 15 is 0 Å². The Morgan fingerprint density at radius 3 is 1.56 bits per heavy atom. The summed E-state index contributed by atoms with van der Waals surface area (Å²) in [4.78, 5) is 12.6. The molecular formula is C34H34O5. The second-order valence-electron chi connectivity index (χ2n) is 9.74. The topological polar surface area (TPSA) is 54.0 Å². The highest BCUT2D eigenvalue weighted by Crippen LogP contribution is 2.39. The highest BCUT2D eigenvalue weighted by atomic mass is 16.6. The maximum absolute atomic E-state index is 12.6. The fourth-order valence-electron chi connectivity index (χ4n) is 4.99. The number of ether oxygens (including phenoxy) is 4. The summed E-state index contributed by atoms with van der Waals surface area (Å²) in [5.41, 5.74) is 4.08. The summed E-state index contributed by atoms with van der Waals surface area (Å²) in [6, 6.07) is 39.9. The zero-order valence-corrected chi connectivity index (χ0v) is 21.9. The van der Waals surface area contributed by atoms with Crippen LogP contribution in [0, 0.1) is 5.92 Å². The average molecular weight is 523 g/mol. The molecule has 1 aliphatic rings. The average Bonchev–Trinajstić information content (AvgIpc) is 3.01. The zero-order chi connectivity index (χ0) is 26.7. The molecule has 5 atom stereocenters. The van der Waals surface area contributed by atoms with Gasteiger partial charge >= 0.3 is 0 Å². The van der Waals surface area contributed by atoms with E-state index in [1.165, 1.54) is 0 Å². The van der Waals surface area contributed by atoms with Crippen LogP contribution in [0.5, 0.6) is 0 Å². The number of benzene rings is 4. The molecule has 5 heteroatoms. The highest BCUT2D eigenvalue weighted by molar-refractivity contribution is 5.57. The molecule has 200 valence electrons. The molecule has 0 unspecified atom stereocenters. The summed E-state index contributed by atoms with van der Waals surface area (Å²) in [6.07, 6.45) is -1.02. The van der Waals surface area contributed by atoms with Crippen molar-refractivity contribution in [1.29, 1.82) is 0 Å². The van der Waals surface area contributed by atoms with Gasteiger partial charge in [-0.1, -0.05) is 121 Å². The van der Waals surface area contributed by atoms with Crippen LogP contribution in [0.3, 0.4) is 0 Å². The molecular weight excluding hydrogens is 488 g/mol. The second kappa shape index (κ2) is 14.0. The van der Waals surface area contributed by atoms with Gasteiger partial charge in [-0.05, 0) is 22.3 Å². The molecule has 0 N–H and O–H groups in total. The van der Waals surface area contributed by atoms with E-state index in [-0.39, 0.29) is 0 Å². The van der Waals surface area contributed by atoms with E-state index in [1.54, 1.807) is 0 Å². The lowest BCUT2D eigenvalue weighted by molar-refractivity contribution is -0.241. The molecule has 39 heavy (non-hydrogen) atoms. The van der Waals surface area contributed by atoms with Gasteiger partial charge in [0.25, 0.3) is 0 Å². The van der Waals surface area contributed by atoms with E-state index in [0.29, 0.717) is 26.4 Å². The summed E-state index contributed by atoms with van der Waals surface area (Å²) >= 11 is 0. The van der Waals surface area contributed by atoms with Crippen LogP contribution in [-0.4, -0.2) is 31.2 Å². The lowest BCUT2D eigenvalue weighted by Gasteiger charge is -2.45. The number of rotatable bonds is 12. The molecule has 0 saturated carbocycles. The smallest absolute Gasteiger partial charge is 0.128 e. The van der Waals surface area contributed by atoms with Crippen molar-refractivity contribution in [2.75, 3.05) is 6.61 Å². The van der Waals surface area contributed by atoms with Gasteiger partial charge in [0.2, 0.25) is 0 Å². The maximum Gasteiger partial charge on any atom is 0.128 e. The summed E-state index contributed by atoms with van der Waals surface area (Å²) in [5.74, 6) is -0.553. The molecule has 4 aromatic carbocycles. The maximum atomic E-state index is 12.6. The Labute approximate surface area is 230 Å². The standard InChI is InChI=1S/C34H34O5/c35-21-30-32(29-19-11-4-12-20-29)39-31(25-36-22-26-13-5-1-6-14-26)34(38-24-28-17-9-3-10-18-28)33(30)37-23-27-15-7-2-8-16-27/h1-21,30-34H,22-25H2/t30-,31+,32+,33+,34+/m0/s1. The van der Waals surface area contributed by atoms with Crippen LogP contribution in [0.1, 0.15) is 28.4 Å². The Hall–Kier alpha value is -3.61. The Morgan fingerprint density at radius 1 is 0.590 bits per heavy atom. The fourth-order valence-corrected chi connectivity index (χ4v) is 4.99. The first-order valence-corrected chi connectivity index (χ1v) is 13.4. The first kappa shape index (κ1) is 27.0. The molecule has 4 aromatic rings. The van der Waals surface area contributed by atoms with E-state index in [4.69, 9.17) is 18.9 Å². The van der Waals surface area contributed by atoms with Gasteiger partial charge in [-0.2, -0.15) is 0 Å². The van der Waals surface area contributed by atoms with Crippen LogP contribution in [0.4, 0.5) is 0 Å². The second-order valence-corrected chi connectivity index (χ2v) is 9.74. The Kier molecular flexibility index (Phi) is 9.66. The van der Waals surface area contributed by atoms with Gasteiger partial charge in [-0.25, -0.2) is 0 Å². The minimum Gasteiger partial charge on any atom is -0.374 e. The lowest BCUT2D eigenvalue weighted by Crippen LogP contribution is -2.55. The molecule has 5 rings (SSSR count). The minimum absolute atomic E-state index is 0.300. The van der Waals surface area contributed by atoms with Gasteiger partial charge in [0.15, 0.2) is 0 Å². The highest BCUT2D eigenvalue weighted by Gasteiger charge is 2.48. The quantitative estimate of drug-likeness (QED) is 0.204. The van der Waals surface area contributed by atoms with Crippen molar-refractivity contribution in [3.63, 3.8) is 0 Å². The largest absolute Gasteiger partial charge is 0.374 e. The summed E-state index contributed by atoms with van der Waals surface area (Å²) < 4.78 is 25.8. The van der Waals surface area contributed by atoms with Crippen molar-refractivity contribution in [2.24, 2.45) is 5.92 Å². The molecule has 5 nitrogen and oxygen atoms in total. The van der Waals surface area contributed by atoms with Gasteiger partial charge in [0.05, 0.1) is 44.6 Å². The third-order valence-corrected chi connectivity index (χ3v) is 6.99. The molecule has 0 radical (unpaired) electrons. The van der Waals surface area contributed by atoms with Crippen molar-refractivity contribution in [2.45, 2.75) is 44.2 Å². The van der Waals surface area contributed by atoms with Crippen LogP contribution in [0.15, 0.2) is 121 Å². The molecule has 1 heterocycles. The van der Waals surface area contributed by atoms with E-state index in [2.05, 4.69) is 0 Å². The molecule has 0 spiro atoms. The summed E-state index contributed by atoms with van der Waals surface area (Å²) in [5, 5.41) is 0. The van der Waals surface area contributed by atoms with E-state index in [1.807, 2.05) is 121 Å². The van der Waals surface area contributed by atoms with Gasteiger partial charge in [-0.15, -0.1) is 0 Å². The van der Waals surface area contributed by atoms with Crippen molar-refractivity contribution in [1.82, 2.24) is 0 Å². The SMILES string of the molecule is O=C[C@@H]1[C@@H](OCc2ccccc2)[C@H](OCc2ccccc2)[C@@H](COCc2ccccc2)O[C@@H]1c1ccccc1. The van der Waals surface area contributed by atoms with Crippen LogP contribution in [0.25, 0.3) is 0 Å². The minimum atomic E-state index is -0.553. The van der Waals surface area contributed by atoms with Gasteiger partial charge in [0.1, 0.15) is 18.5 Å². The van der Waals surface area contributed by atoms with E-state index in [9.17, 15) is 4.79 Å². The fraction of sp³-hybridized carbons (Fsp3) is 0.265. The number of carbonyl (C=O) groups is 1. The normalized spacial score (nSPS) is 22.8. The molecule has 0 bridgehead atoms. The Balaban J connectivity index is 1.42. The Morgan fingerprint density at radius 2 is 1.05 bits per heavy atom. The number of aldehydes is 1. The molecule has 1 fully saturated rings. The molecule has 0 aliphatic carbocycles. The van der Waals surface area contributed by atoms with Crippen LogP contribution < -0.4 is 0 Å². The van der Waals surface area contributed by atoms with Crippen molar-refractivity contribution >= 4 is 6.29 Å². The van der Waals surface area contributed by atoms with Gasteiger partial charge < -0.3 is 23.7 Å². The van der Waals surface area contributed by atoms with Crippen molar-refractivity contribution in [3.05, 3.63) is 144 Å². The van der Waals surface area contributed by atoms with Crippen molar-refractivity contribution < 1.29 is 23.7 Å². The van der Waals surface area contributed by atoms with Crippen molar-refractivity contribution in [3.8, 4) is 0 Å². The van der Waals surface area contributed by atoms with E-state index in [0.717, 1.165) is 28.5 Å². The monoisotopic (exact) mass is 522 g/mol. The predicted octanol–water partition coefficient (Wildman–Crippen LogP) is 6.33. The van der Waals surface area contributed by atoms with Crippen LogP contribution in [-0.2, 0) is 43.6 Å². The molecule has 1 saturated heterocycles. The third kappa shape index (κ3) is 7.28. The number of carbonyl (C=O) groups excluding carboxylic acids is 1. The number of hydrogen-bond donors (Lipinski definition) is 0. The first-order valence-electron chi connectivity index (χ1n) is 13.4. The molecule has 0 aromatic heterocycles. The zero-order valence-electron chi connectivity index (χ0n) is 21.9. The van der Waals surface area contributed by atoms with Crippen LogP contribution >= 0.6 is 0 Å². The molecule has 0 amide bonds. The first-order chi connectivity index (χ1) is 19.3. The number of hydrogen-bond acceptors (Lipinski definition) is 5. The molecule has 1 aliphatic heterocycles. The third-order valence-electron chi connectivity index (χ3n) is 6.99. The van der Waals surface area contributed by atoms with Gasteiger partial charge in [-0.3, -0.25) is 0 Å². The summed E-state index contributed by atoms with van der Waals surface area (Å²) in [6.45, 7) is 1.49. The Bertz CT molecular complexity index is 1250. The predicted molar refractivity (Wildman–Crippen MR) is 150 cm³/mol.